The molecule has 14 heavy (non-hydrogen) atoms. The van der Waals surface area contributed by atoms with Crippen LogP contribution in [0.1, 0.15) is 5.56 Å². The molecule has 0 bridgehead atoms. The number of ether oxygens (including phenoxy) is 2. The number of hydrogen-bond acceptors (Lipinski definition) is 4. The van der Waals surface area contributed by atoms with Gasteiger partial charge in [-0.25, -0.2) is 0 Å². The third kappa shape index (κ3) is 2.10. The summed E-state index contributed by atoms with van der Waals surface area (Å²) in [5, 5.41) is 2.64. The number of benzene rings is 1. The van der Waals surface area contributed by atoms with Gasteiger partial charge in [-0.1, -0.05) is 6.07 Å². The minimum atomic E-state index is 0.643. The monoisotopic (exact) mass is 193 g/mol. The maximum absolute atomic E-state index is 9.96. The van der Waals surface area contributed by atoms with Crippen LogP contribution in [-0.4, -0.2) is 14.2 Å². The first-order valence-corrected chi connectivity index (χ1v) is 4.03. The maximum atomic E-state index is 9.96. The van der Waals surface area contributed by atoms with Crippen LogP contribution in [0.3, 0.4) is 0 Å². The molecule has 0 aliphatic carbocycles. The first-order chi connectivity index (χ1) is 6.83. The summed E-state index contributed by atoms with van der Waals surface area (Å²) in [5.74, 6) is 1.29. The van der Waals surface area contributed by atoms with Crippen molar-refractivity contribution in [3.05, 3.63) is 34.9 Å². The van der Waals surface area contributed by atoms with Crippen molar-refractivity contribution in [2.24, 2.45) is 5.18 Å². The van der Waals surface area contributed by atoms with E-state index in [9.17, 15) is 4.91 Å². The molecule has 0 aromatic heterocycles. The standard InChI is InChI=1S/C10H11NO3/c1-13-9-4-3-5-10(14-2)8(9)6-7-11-12/h3-7H,1-2H3/b7-6+. The van der Waals surface area contributed by atoms with Gasteiger partial charge in [0.05, 0.1) is 26.0 Å². The average Bonchev–Trinajstić information content (AvgIpc) is 2.25. The molecule has 0 unspecified atom stereocenters. The van der Waals surface area contributed by atoms with Gasteiger partial charge in [-0.05, 0) is 23.4 Å². The first kappa shape index (κ1) is 10.2. The molecule has 1 aromatic rings. The second-order valence-corrected chi connectivity index (χ2v) is 2.50. The van der Waals surface area contributed by atoms with Crippen molar-refractivity contribution in [2.45, 2.75) is 0 Å². The van der Waals surface area contributed by atoms with E-state index in [4.69, 9.17) is 9.47 Å². The molecule has 4 nitrogen and oxygen atoms in total. The Bertz CT molecular complexity index is 325. The Morgan fingerprint density at radius 1 is 1.21 bits per heavy atom. The Morgan fingerprint density at radius 2 is 1.79 bits per heavy atom. The second kappa shape index (κ2) is 5.01. The maximum Gasteiger partial charge on any atom is 0.129 e. The molecular weight excluding hydrogens is 182 g/mol. The van der Waals surface area contributed by atoms with Gasteiger partial charge in [-0.2, -0.15) is 0 Å². The van der Waals surface area contributed by atoms with Gasteiger partial charge in [0.25, 0.3) is 0 Å². The quantitative estimate of drug-likeness (QED) is 0.690. The smallest absolute Gasteiger partial charge is 0.129 e. The lowest BCUT2D eigenvalue weighted by molar-refractivity contribution is 0.392. The van der Waals surface area contributed by atoms with Crippen LogP contribution in [0, 0.1) is 4.91 Å². The third-order valence-corrected chi connectivity index (χ3v) is 1.77. The molecule has 0 atom stereocenters. The molecular formula is C10H11NO3. The Labute approximate surface area is 82.1 Å². The highest BCUT2D eigenvalue weighted by molar-refractivity contribution is 5.64. The molecule has 0 radical (unpaired) electrons. The predicted molar refractivity (Wildman–Crippen MR) is 54.4 cm³/mol. The molecule has 0 saturated heterocycles. The van der Waals surface area contributed by atoms with Crippen LogP contribution in [0.5, 0.6) is 11.5 Å². The zero-order chi connectivity index (χ0) is 10.4. The summed E-state index contributed by atoms with van der Waals surface area (Å²) in [6.07, 6.45) is 2.70. The van der Waals surface area contributed by atoms with Crippen molar-refractivity contribution in [2.75, 3.05) is 14.2 Å². The van der Waals surface area contributed by atoms with Crippen LogP contribution in [0.15, 0.2) is 29.6 Å². The molecule has 0 saturated carbocycles. The molecule has 0 fully saturated rings. The molecule has 0 aliphatic heterocycles. The van der Waals surface area contributed by atoms with E-state index in [1.54, 1.807) is 32.4 Å². The van der Waals surface area contributed by atoms with Crippen molar-refractivity contribution in [1.82, 2.24) is 0 Å². The Hall–Kier alpha value is -1.84. The van der Waals surface area contributed by atoms with Gasteiger partial charge in [-0.15, -0.1) is 4.91 Å². The summed E-state index contributed by atoms with van der Waals surface area (Å²) in [4.78, 5) is 9.96. The van der Waals surface area contributed by atoms with Crippen molar-refractivity contribution in [3.8, 4) is 11.5 Å². The molecule has 74 valence electrons. The molecule has 4 heteroatoms. The molecule has 1 aromatic carbocycles. The Kier molecular flexibility index (Phi) is 3.67. The molecule has 0 aliphatic rings. The van der Waals surface area contributed by atoms with Crippen molar-refractivity contribution >= 4 is 6.08 Å². The van der Waals surface area contributed by atoms with Crippen molar-refractivity contribution in [3.63, 3.8) is 0 Å². The molecule has 1 rings (SSSR count). The van der Waals surface area contributed by atoms with E-state index < -0.39 is 0 Å². The second-order valence-electron chi connectivity index (χ2n) is 2.50. The van der Waals surface area contributed by atoms with Gasteiger partial charge in [0, 0.05) is 0 Å². The minimum absolute atomic E-state index is 0.643. The summed E-state index contributed by atoms with van der Waals surface area (Å²) < 4.78 is 10.2. The summed E-state index contributed by atoms with van der Waals surface area (Å²) in [7, 11) is 3.11. The van der Waals surface area contributed by atoms with Gasteiger partial charge in [-0.3, -0.25) is 0 Å². The number of hydrogen-bond donors (Lipinski definition) is 0. The van der Waals surface area contributed by atoms with Crippen LogP contribution in [0.4, 0.5) is 0 Å². The van der Waals surface area contributed by atoms with Crippen LogP contribution in [-0.2, 0) is 0 Å². The third-order valence-electron chi connectivity index (χ3n) is 1.77. The summed E-state index contributed by atoms with van der Waals surface area (Å²) in [5.41, 5.74) is 0.706. The highest BCUT2D eigenvalue weighted by Crippen LogP contribution is 2.29. The van der Waals surface area contributed by atoms with Gasteiger partial charge in [0.15, 0.2) is 0 Å². The molecule has 0 heterocycles. The fourth-order valence-electron chi connectivity index (χ4n) is 1.15. The lowest BCUT2D eigenvalue weighted by Crippen LogP contribution is -1.91. The van der Waals surface area contributed by atoms with E-state index in [1.807, 2.05) is 6.07 Å². The van der Waals surface area contributed by atoms with Gasteiger partial charge >= 0.3 is 0 Å². The molecule has 0 N–H and O–H groups in total. The first-order valence-electron chi connectivity index (χ1n) is 4.03. The van der Waals surface area contributed by atoms with E-state index in [1.165, 1.54) is 0 Å². The average molecular weight is 193 g/mol. The van der Waals surface area contributed by atoms with Gasteiger partial charge < -0.3 is 9.47 Å². The number of rotatable bonds is 4. The topological polar surface area (TPSA) is 47.9 Å². The normalized spacial score (nSPS) is 10.1. The lowest BCUT2D eigenvalue weighted by Gasteiger charge is -2.08. The number of nitroso groups, excluding NO2 is 1. The lowest BCUT2D eigenvalue weighted by atomic mass is 10.1. The zero-order valence-electron chi connectivity index (χ0n) is 8.06. The van der Waals surface area contributed by atoms with Crippen molar-refractivity contribution < 1.29 is 9.47 Å². The summed E-state index contributed by atoms with van der Waals surface area (Å²) in [6, 6.07) is 5.38. The summed E-state index contributed by atoms with van der Waals surface area (Å²) >= 11 is 0. The van der Waals surface area contributed by atoms with Crippen LogP contribution in [0.25, 0.3) is 6.08 Å². The highest BCUT2D eigenvalue weighted by atomic mass is 16.5. The summed E-state index contributed by atoms with van der Waals surface area (Å²) in [6.45, 7) is 0. The van der Waals surface area contributed by atoms with Crippen molar-refractivity contribution in [1.29, 1.82) is 0 Å². The Balaban J connectivity index is 3.18. The van der Waals surface area contributed by atoms with Gasteiger partial charge in [0.1, 0.15) is 11.5 Å². The van der Waals surface area contributed by atoms with E-state index in [0.29, 0.717) is 17.1 Å². The van der Waals surface area contributed by atoms with E-state index >= 15 is 0 Å². The van der Waals surface area contributed by atoms with E-state index in [0.717, 1.165) is 6.20 Å². The number of methoxy groups -OCH3 is 2. The Morgan fingerprint density at radius 3 is 2.21 bits per heavy atom. The molecule has 0 spiro atoms. The minimum Gasteiger partial charge on any atom is -0.496 e. The molecule has 0 amide bonds. The SMILES string of the molecule is COc1cccc(OC)c1/C=C/N=O. The van der Waals surface area contributed by atoms with E-state index in [2.05, 4.69) is 5.18 Å². The zero-order valence-corrected chi connectivity index (χ0v) is 8.06. The largest absolute Gasteiger partial charge is 0.496 e. The van der Waals surface area contributed by atoms with Crippen LogP contribution in [0.2, 0.25) is 0 Å². The van der Waals surface area contributed by atoms with Crippen LogP contribution >= 0.6 is 0 Å². The number of nitrogens with zero attached hydrogens (tertiary/aromatic N) is 1. The fraction of sp³-hybridized carbons (Fsp3) is 0.200. The van der Waals surface area contributed by atoms with E-state index in [-0.39, 0.29) is 0 Å². The fourth-order valence-corrected chi connectivity index (χ4v) is 1.15. The highest BCUT2D eigenvalue weighted by Gasteiger charge is 2.05. The van der Waals surface area contributed by atoms with Gasteiger partial charge in [0.2, 0.25) is 0 Å². The van der Waals surface area contributed by atoms with Crippen LogP contribution < -0.4 is 9.47 Å². The predicted octanol–water partition coefficient (Wildman–Crippen LogP) is 2.44.